The van der Waals surface area contributed by atoms with Gasteiger partial charge >= 0.3 is 0 Å². The molecular weight excluding hydrogens is 146 g/mol. The fraction of sp³-hybridized carbons (Fsp3) is 1.00. The van der Waals surface area contributed by atoms with E-state index in [0.717, 1.165) is 0 Å². The molecule has 10 heavy (non-hydrogen) atoms. The molecule has 0 saturated carbocycles. The molecule has 0 aliphatic rings. The summed E-state index contributed by atoms with van der Waals surface area (Å²) in [5.74, 6) is 0. The summed E-state index contributed by atoms with van der Waals surface area (Å²) in [6.45, 7) is 13.8. The van der Waals surface area contributed by atoms with Crippen molar-refractivity contribution >= 4 is 0 Å². The molecule has 1 N–H and O–H groups in total. The molecule has 0 bridgehead atoms. The van der Waals surface area contributed by atoms with E-state index in [9.17, 15) is 0 Å². The first kappa shape index (κ1) is 12.9. The third-order valence-corrected chi connectivity index (χ3v) is 1.91. The van der Waals surface area contributed by atoms with Crippen molar-refractivity contribution < 1.29 is 17.3 Å². The van der Waals surface area contributed by atoms with Gasteiger partial charge in [0.15, 0.2) is 0 Å². The summed E-state index contributed by atoms with van der Waals surface area (Å²) in [5.41, 5.74) is 0.434. The van der Waals surface area contributed by atoms with Gasteiger partial charge in [0.1, 0.15) is 0 Å². The highest BCUT2D eigenvalue weighted by atomic mass is 35.5. The van der Waals surface area contributed by atoms with Crippen LogP contribution in [0.4, 0.5) is 0 Å². The molecule has 0 heterocycles. The van der Waals surface area contributed by atoms with Crippen LogP contribution in [-0.2, 0) is 0 Å². The first-order valence-corrected chi connectivity index (χ1v) is 3.87. The first-order valence-electron chi connectivity index (χ1n) is 3.87. The molecule has 0 amide bonds. The third-order valence-electron chi connectivity index (χ3n) is 1.91. The topological polar surface area (TPSA) is 4.44 Å². The molecule has 0 aliphatic heterocycles. The van der Waals surface area contributed by atoms with Crippen molar-refractivity contribution in [3.8, 4) is 0 Å². The van der Waals surface area contributed by atoms with Crippen LogP contribution in [0.3, 0.4) is 0 Å². The van der Waals surface area contributed by atoms with Crippen LogP contribution in [0.15, 0.2) is 0 Å². The van der Waals surface area contributed by atoms with E-state index in [1.165, 1.54) is 13.1 Å². The Morgan fingerprint density at radius 1 is 1.00 bits per heavy atom. The van der Waals surface area contributed by atoms with E-state index in [4.69, 9.17) is 0 Å². The van der Waals surface area contributed by atoms with Gasteiger partial charge in [-0.1, -0.05) is 0 Å². The van der Waals surface area contributed by atoms with Gasteiger partial charge in [0.2, 0.25) is 0 Å². The normalized spacial score (nSPS) is 11.4. The molecule has 0 aromatic carbocycles. The summed E-state index contributed by atoms with van der Waals surface area (Å²) in [6, 6.07) is 0. The van der Waals surface area contributed by atoms with Crippen LogP contribution in [-0.4, -0.2) is 18.6 Å². The maximum atomic E-state index is 2.29. The molecule has 0 aromatic heterocycles. The molecule has 0 atom stereocenters. The smallest absolute Gasteiger partial charge is 0.0891 e. The van der Waals surface area contributed by atoms with E-state index in [-0.39, 0.29) is 12.4 Å². The van der Waals surface area contributed by atoms with Crippen LogP contribution in [0.2, 0.25) is 0 Å². The predicted octanol–water partition coefficient (Wildman–Crippen LogP) is -2.29. The Morgan fingerprint density at radius 2 is 1.30 bits per heavy atom. The second-order valence-electron chi connectivity index (χ2n) is 3.56. The summed E-state index contributed by atoms with van der Waals surface area (Å²) in [6.07, 6.45) is 0. The van der Waals surface area contributed by atoms with Gasteiger partial charge in [0, 0.05) is 0 Å². The van der Waals surface area contributed by atoms with E-state index < -0.39 is 0 Å². The lowest BCUT2D eigenvalue weighted by Gasteiger charge is -2.30. The fourth-order valence-corrected chi connectivity index (χ4v) is 1.31. The minimum absolute atomic E-state index is 0. The summed E-state index contributed by atoms with van der Waals surface area (Å²) >= 11 is 0. The summed E-state index contributed by atoms with van der Waals surface area (Å²) in [5, 5.41) is 0. The Hall–Kier alpha value is 0.250. The van der Waals surface area contributed by atoms with Crippen LogP contribution < -0.4 is 17.3 Å². The Morgan fingerprint density at radius 3 is 1.30 bits per heavy atom. The van der Waals surface area contributed by atoms with Crippen molar-refractivity contribution in [1.29, 1.82) is 0 Å². The van der Waals surface area contributed by atoms with E-state index >= 15 is 0 Å². The van der Waals surface area contributed by atoms with E-state index in [1.807, 2.05) is 0 Å². The average Bonchev–Trinajstić information content (AvgIpc) is 1.65. The van der Waals surface area contributed by atoms with Crippen molar-refractivity contribution in [2.75, 3.05) is 13.1 Å². The average molecular weight is 166 g/mol. The van der Waals surface area contributed by atoms with Crippen LogP contribution >= 0.6 is 0 Å². The summed E-state index contributed by atoms with van der Waals surface area (Å²) < 4.78 is 0. The minimum atomic E-state index is 0. The Balaban J connectivity index is 0. The Bertz CT molecular complexity index is 71.8. The zero-order chi connectivity index (χ0) is 7.49. The van der Waals surface area contributed by atoms with Crippen molar-refractivity contribution in [3.05, 3.63) is 0 Å². The van der Waals surface area contributed by atoms with Crippen LogP contribution in [0, 0.1) is 0 Å². The Labute approximate surface area is 71.2 Å². The van der Waals surface area contributed by atoms with Gasteiger partial charge in [-0.05, 0) is 34.6 Å². The predicted molar refractivity (Wildman–Crippen MR) is 41.8 cm³/mol. The molecule has 2 heteroatoms. The third kappa shape index (κ3) is 4.13. The van der Waals surface area contributed by atoms with Gasteiger partial charge in [0.05, 0.1) is 18.6 Å². The minimum Gasteiger partial charge on any atom is -1.00 e. The molecule has 0 radical (unpaired) electrons. The molecule has 0 aliphatic carbocycles. The van der Waals surface area contributed by atoms with E-state index in [0.29, 0.717) is 5.54 Å². The van der Waals surface area contributed by atoms with Gasteiger partial charge in [-0.2, -0.15) is 0 Å². The van der Waals surface area contributed by atoms with Gasteiger partial charge < -0.3 is 17.3 Å². The second kappa shape index (κ2) is 4.97. The molecule has 0 aromatic rings. The van der Waals surface area contributed by atoms with E-state index in [1.54, 1.807) is 4.90 Å². The molecule has 0 spiro atoms. The summed E-state index contributed by atoms with van der Waals surface area (Å²) in [7, 11) is 0. The van der Waals surface area contributed by atoms with E-state index in [2.05, 4.69) is 34.6 Å². The molecule has 0 rings (SSSR count). The molecule has 0 saturated heterocycles. The highest BCUT2D eigenvalue weighted by molar-refractivity contribution is 4.54. The quantitative estimate of drug-likeness (QED) is 0.470. The number of rotatable bonds is 2. The second-order valence-corrected chi connectivity index (χ2v) is 3.56. The molecule has 0 unspecified atom stereocenters. The Kier molecular flexibility index (Phi) is 6.41. The number of halogens is 1. The lowest BCUT2D eigenvalue weighted by Crippen LogP contribution is -3.18. The number of nitrogens with one attached hydrogen (secondary N) is 1. The number of hydrogen-bond donors (Lipinski definition) is 1. The number of hydrogen-bond acceptors (Lipinski definition) is 0. The fourth-order valence-electron chi connectivity index (χ4n) is 1.31. The summed E-state index contributed by atoms with van der Waals surface area (Å²) in [4.78, 5) is 1.67. The van der Waals surface area contributed by atoms with Crippen molar-refractivity contribution in [2.24, 2.45) is 0 Å². The van der Waals surface area contributed by atoms with Gasteiger partial charge in [-0.15, -0.1) is 0 Å². The lowest BCUT2D eigenvalue weighted by molar-refractivity contribution is -0.943. The van der Waals surface area contributed by atoms with Crippen molar-refractivity contribution in [3.63, 3.8) is 0 Å². The van der Waals surface area contributed by atoms with Crippen molar-refractivity contribution in [2.45, 2.75) is 40.2 Å². The van der Waals surface area contributed by atoms with Gasteiger partial charge in [0.25, 0.3) is 0 Å². The zero-order valence-electron chi connectivity index (χ0n) is 7.79. The maximum Gasteiger partial charge on any atom is 0.0891 e. The molecule has 1 nitrogen and oxygen atoms in total. The lowest BCUT2D eigenvalue weighted by atomic mass is 10.1. The zero-order valence-corrected chi connectivity index (χ0v) is 8.55. The van der Waals surface area contributed by atoms with Crippen LogP contribution in [0.5, 0.6) is 0 Å². The van der Waals surface area contributed by atoms with Crippen LogP contribution in [0.1, 0.15) is 34.6 Å². The first-order chi connectivity index (χ1) is 4.02. The molecular formula is C8H20ClN. The molecule has 0 fully saturated rings. The van der Waals surface area contributed by atoms with Gasteiger partial charge in [-0.25, -0.2) is 0 Å². The monoisotopic (exact) mass is 165 g/mol. The number of quaternary nitrogens is 1. The highest BCUT2D eigenvalue weighted by Gasteiger charge is 2.20. The SMILES string of the molecule is CC[NH+](CC)C(C)(C)C.[Cl-]. The largest absolute Gasteiger partial charge is 1.00 e. The maximum absolute atomic E-state index is 2.29. The van der Waals surface area contributed by atoms with Crippen LogP contribution in [0.25, 0.3) is 0 Å². The van der Waals surface area contributed by atoms with Gasteiger partial charge in [-0.3, -0.25) is 0 Å². The highest BCUT2D eigenvalue weighted by Crippen LogP contribution is 1.90. The standard InChI is InChI=1S/C8H19N.ClH/c1-6-9(7-2)8(3,4)5;/h6-7H2,1-5H3;1H. The molecule has 64 valence electrons. The van der Waals surface area contributed by atoms with Crippen molar-refractivity contribution in [1.82, 2.24) is 0 Å².